The molecule has 0 amide bonds. The van der Waals surface area contributed by atoms with E-state index < -0.39 is 11.9 Å². The molecule has 2 rings (SSSR count). The van der Waals surface area contributed by atoms with Gasteiger partial charge in [-0.1, -0.05) is 23.7 Å². The van der Waals surface area contributed by atoms with Gasteiger partial charge in [-0.2, -0.15) is 0 Å². The van der Waals surface area contributed by atoms with Gasteiger partial charge >= 0.3 is 5.97 Å². The number of ether oxygens (including phenoxy) is 1. The van der Waals surface area contributed by atoms with E-state index in [0.29, 0.717) is 10.9 Å². The van der Waals surface area contributed by atoms with Gasteiger partial charge in [0.2, 0.25) is 0 Å². The summed E-state index contributed by atoms with van der Waals surface area (Å²) in [6.07, 6.45) is 1.96. The lowest BCUT2D eigenvalue weighted by atomic mass is 9.89. The summed E-state index contributed by atoms with van der Waals surface area (Å²) in [5.74, 6) is -0.920. The Morgan fingerprint density at radius 1 is 1.44 bits per heavy atom. The first-order valence-corrected chi connectivity index (χ1v) is 6.57. The van der Waals surface area contributed by atoms with E-state index in [1.807, 2.05) is 12.1 Å². The third kappa shape index (κ3) is 2.85. The van der Waals surface area contributed by atoms with Crippen molar-refractivity contribution < 1.29 is 14.6 Å². The monoisotopic (exact) mass is 268 g/mol. The van der Waals surface area contributed by atoms with Crippen molar-refractivity contribution in [2.75, 3.05) is 13.2 Å². The minimum absolute atomic E-state index is 0.431. The van der Waals surface area contributed by atoms with Crippen LogP contribution in [0.3, 0.4) is 0 Å². The van der Waals surface area contributed by atoms with Gasteiger partial charge in [-0.05, 0) is 42.9 Å². The summed E-state index contributed by atoms with van der Waals surface area (Å²) in [4.78, 5) is 10.9. The summed E-state index contributed by atoms with van der Waals surface area (Å²) in [5.41, 5.74) is 1.87. The molecule has 1 saturated heterocycles. The first kappa shape index (κ1) is 13.4. The van der Waals surface area contributed by atoms with Crippen molar-refractivity contribution in [1.29, 1.82) is 0 Å². The summed E-state index contributed by atoms with van der Waals surface area (Å²) in [6, 6.07) is 5.62. The van der Waals surface area contributed by atoms with Crippen LogP contribution in [0.4, 0.5) is 0 Å². The fraction of sp³-hybridized carbons (Fsp3) is 0.500. The van der Waals surface area contributed by atoms with Crippen LogP contribution in [-0.4, -0.2) is 24.3 Å². The van der Waals surface area contributed by atoms with Crippen LogP contribution in [0.1, 0.15) is 42.7 Å². The molecule has 4 heteroatoms. The number of carbonyl (C=O) groups is 1. The quantitative estimate of drug-likeness (QED) is 0.914. The average molecular weight is 269 g/mol. The maximum Gasteiger partial charge on any atom is 0.310 e. The third-order valence-electron chi connectivity index (χ3n) is 3.56. The standard InChI is InChI=1S/C14H17ClO3/c1-9(14(16)17)11-2-3-12(13(15)8-11)10-4-6-18-7-5-10/h2-3,8-10H,4-7H2,1H3,(H,16,17). The Balaban J connectivity index is 2.21. The molecule has 1 atom stereocenters. The van der Waals surface area contributed by atoms with Crippen LogP contribution in [0.15, 0.2) is 18.2 Å². The summed E-state index contributed by atoms with van der Waals surface area (Å²) < 4.78 is 5.33. The molecular weight excluding hydrogens is 252 g/mol. The number of halogens is 1. The van der Waals surface area contributed by atoms with Gasteiger partial charge in [-0.3, -0.25) is 4.79 Å². The predicted molar refractivity (Wildman–Crippen MR) is 70.3 cm³/mol. The molecule has 0 spiro atoms. The van der Waals surface area contributed by atoms with Gasteiger partial charge in [0.1, 0.15) is 0 Å². The molecule has 3 nitrogen and oxygen atoms in total. The Morgan fingerprint density at radius 3 is 2.67 bits per heavy atom. The topological polar surface area (TPSA) is 46.5 Å². The smallest absolute Gasteiger partial charge is 0.310 e. The van der Waals surface area contributed by atoms with Crippen LogP contribution in [0, 0.1) is 0 Å². The Hall–Kier alpha value is -1.06. The third-order valence-corrected chi connectivity index (χ3v) is 3.88. The second-order valence-electron chi connectivity index (χ2n) is 4.73. The van der Waals surface area contributed by atoms with Crippen LogP contribution < -0.4 is 0 Å². The lowest BCUT2D eigenvalue weighted by Gasteiger charge is -2.23. The van der Waals surface area contributed by atoms with Crippen molar-refractivity contribution in [1.82, 2.24) is 0 Å². The van der Waals surface area contributed by atoms with Crippen molar-refractivity contribution in [3.63, 3.8) is 0 Å². The van der Waals surface area contributed by atoms with E-state index in [-0.39, 0.29) is 0 Å². The van der Waals surface area contributed by atoms with Crippen molar-refractivity contribution in [3.05, 3.63) is 34.3 Å². The van der Waals surface area contributed by atoms with E-state index in [2.05, 4.69) is 0 Å². The van der Waals surface area contributed by atoms with E-state index >= 15 is 0 Å². The minimum atomic E-state index is -0.829. The number of carboxylic acids is 1. The molecule has 98 valence electrons. The zero-order chi connectivity index (χ0) is 13.1. The zero-order valence-corrected chi connectivity index (χ0v) is 11.1. The molecule has 18 heavy (non-hydrogen) atoms. The first-order valence-electron chi connectivity index (χ1n) is 6.19. The van der Waals surface area contributed by atoms with Gasteiger partial charge in [0, 0.05) is 18.2 Å². The molecule has 1 unspecified atom stereocenters. The van der Waals surface area contributed by atoms with Gasteiger partial charge in [-0.25, -0.2) is 0 Å². The zero-order valence-electron chi connectivity index (χ0n) is 10.4. The number of rotatable bonds is 3. The van der Waals surface area contributed by atoms with Gasteiger partial charge < -0.3 is 9.84 Å². The molecule has 1 heterocycles. The first-order chi connectivity index (χ1) is 8.59. The lowest BCUT2D eigenvalue weighted by molar-refractivity contribution is -0.138. The van der Waals surface area contributed by atoms with E-state index in [0.717, 1.165) is 37.2 Å². The van der Waals surface area contributed by atoms with Gasteiger partial charge in [0.15, 0.2) is 0 Å². The highest BCUT2D eigenvalue weighted by Gasteiger charge is 2.20. The van der Waals surface area contributed by atoms with Gasteiger partial charge in [-0.15, -0.1) is 0 Å². The predicted octanol–water partition coefficient (Wildman–Crippen LogP) is 3.42. The fourth-order valence-electron chi connectivity index (χ4n) is 2.29. The molecule has 0 radical (unpaired) electrons. The van der Waals surface area contributed by atoms with Crippen molar-refractivity contribution in [2.45, 2.75) is 31.6 Å². The summed E-state index contributed by atoms with van der Waals surface area (Å²) >= 11 is 6.28. The van der Waals surface area contributed by atoms with Crippen LogP contribution >= 0.6 is 11.6 Å². The Kier molecular flexibility index (Phi) is 4.25. The van der Waals surface area contributed by atoms with Crippen molar-refractivity contribution in [3.8, 4) is 0 Å². The molecule has 0 aromatic heterocycles. The molecule has 1 fully saturated rings. The Labute approximate surface area is 112 Å². The lowest BCUT2D eigenvalue weighted by Crippen LogP contribution is -2.15. The van der Waals surface area contributed by atoms with E-state index in [9.17, 15) is 4.79 Å². The van der Waals surface area contributed by atoms with Crippen LogP contribution in [0.2, 0.25) is 5.02 Å². The van der Waals surface area contributed by atoms with Gasteiger partial charge in [0.05, 0.1) is 5.92 Å². The van der Waals surface area contributed by atoms with Crippen molar-refractivity contribution >= 4 is 17.6 Å². The molecule has 1 aliphatic heterocycles. The number of hydrogen-bond acceptors (Lipinski definition) is 2. The minimum Gasteiger partial charge on any atom is -0.481 e. The van der Waals surface area contributed by atoms with Crippen LogP contribution in [-0.2, 0) is 9.53 Å². The highest BCUT2D eigenvalue weighted by Crippen LogP contribution is 2.33. The van der Waals surface area contributed by atoms with E-state index in [4.69, 9.17) is 21.4 Å². The normalized spacial score (nSPS) is 18.6. The molecule has 1 aliphatic rings. The molecule has 1 aromatic rings. The Bertz CT molecular complexity index is 439. The number of carboxylic acid groups (broad SMARTS) is 1. The molecule has 1 N–H and O–H groups in total. The summed E-state index contributed by atoms with van der Waals surface area (Å²) in [7, 11) is 0. The maximum absolute atomic E-state index is 10.9. The Morgan fingerprint density at radius 2 is 2.11 bits per heavy atom. The highest BCUT2D eigenvalue weighted by molar-refractivity contribution is 6.31. The fourth-order valence-corrected chi connectivity index (χ4v) is 2.64. The van der Waals surface area contributed by atoms with Crippen LogP contribution in [0.25, 0.3) is 0 Å². The van der Waals surface area contributed by atoms with E-state index in [1.54, 1.807) is 13.0 Å². The van der Waals surface area contributed by atoms with Gasteiger partial charge in [0.25, 0.3) is 0 Å². The van der Waals surface area contributed by atoms with Crippen LogP contribution in [0.5, 0.6) is 0 Å². The maximum atomic E-state index is 10.9. The van der Waals surface area contributed by atoms with Crippen molar-refractivity contribution in [2.24, 2.45) is 0 Å². The summed E-state index contributed by atoms with van der Waals surface area (Å²) in [6.45, 7) is 3.21. The highest BCUT2D eigenvalue weighted by atomic mass is 35.5. The average Bonchev–Trinajstić information content (AvgIpc) is 2.38. The largest absolute Gasteiger partial charge is 0.481 e. The number of benzene rings is 1. The molecular formula is C14H17ClO3. The second-order valence-corrected chi connectivity index (χ2v) is 5.13. The SMILES string of the molecule is CC(C(=O)O)c1ccc(C2CCOCC2)c(Cl)c1. The molecule has 0 aliphatic carbocycles. The summed E-state index contributed by atoms with van der Waals surface area (Å²) in [5, 5.41) is 9.66. The number of aliphatic carboxylic acids is 1. The van der Waals surface area contributed by atoms with E-state index in [1.165, 1.54) is 0 Å². The second kappa shape index (κ2) is 5.72. The number of hydrogen-bond donors (Lipinski definition) is 1. The molecule has 0 saturated carbocycles. The molecule has 1 aromatic carbocycles. The molecule has 0 bridgehead atoms.